The summed E-state index contributed by atoms with van der Waals surface area (Å²) in [5, 5.41) is 12.6. The van der Waals surface area contributed by atoms with E-state index in [1.165, 1.54) is 0 Å². The molecule has 0 aliphatic rings. The molecule has 0 radical (unpaired) electrons. The number of aliphatic hydroxyl groups excluding tert-OH is 1. The molecule has 0 saturated heterocycles. The topological polar surface area (TPSA) is 75.4 Å². The zero-order valence-electron chi connectivity index (χ0n) is 13.7. The van der Waals surface area contributed by atoms with Gasteiger partial charge in [0.15, 0.2) is 0 Å². The van der Waals surface area contributed by atoms with E-state index in [0.717, 1.165) is 12.0 Å². The smallest absolute Gasteiger partial charge is 0.237 e. The predicted octanol–water partition coefficient (Wildman–Crippen LogP) is 2.45. The van der Waals surface area contributed by atoms with Crippen LogP contribution in [-0.4, -0.2) is 29.7 Å². The van der Waals surface area contributed by atoms with E-state index < -0.39 is 12.1 Å². The first kappa shape index (κ1) is 20.9. The van der Waals surface area contributed by atoms with Gasteiger partial charge in [0.2, 0.25) is 5.91 Å². The number of nitrogens with one attached hydrogen (secondary N) is 1. The number of hydrogen-bond donors (Lipinski definition) is 3. The molecule has 1 amide bonds. The SMILES string of the molecule is CCC(C)C(N)C(=O)NCC(CC(C)O)c1ccccc1.Cl. The van der Waals surface area contributed by atoms with E-state index >= 15 is 0 Å². The Morgan fingerprint density at radius 3 is 2.36 bits per heavy atom. The van der Waals surface area contributed by atoms with Crippen LogP contribution in [0.25, 0.3) is 0 Å². The summed E-state index contributed by atoms with van der Waals surface area (Å²) in [7, 11) is 0. The van der Waals surface area contributed by atoms with Gasteiger partial charge in [0.05, 0.1) is 12.1 Å². The summed E-state index contributed by atoms with van der Waals surface area (Å²) in [5.74, 6) is 0.145. The first-order valence-corrected chi connectivity index (χ1v) is 7.72. The van der Waals surface area contributed by atoms with Crippen LogP contribution in [0.5, 0.6) is 0 Å². The summed E-state index contributed by atoms with van der Waals surface area (Å²) < 4.78 is 0. The molecule has 0 bridgehead atoms. The molecule has 1 aromatic carbocycles. The monoisotopic (exact) mass is 328 g/mol. The highest BCUT2D eigenvalue weighted by atomic mass is 35.5. The summed E-state index contributed by atoms with van der Waals surface area (Å²) in [6.45, 7) is 6.27. The van der Waals surface area contributed by atoms with Crippen molar-refractivity contribution < 1.29 is 9.90 Å². The number of amides is 1. The van der Waals surface area contributed by atoms with Gasteiger partial charge in [0.25, 0.3) is 0 Å². The lowest BCUT2D eigenvalue weighted by Gasteiger charge is -2.22. The fraction of sp³-hybridized carbons (Fsp3) is 0.588. The third kappa shape index (κ3) is 6.77. The van der Waals surface area contributed by atoms with Gasteiger partial charge in [-0.05, 0) is 24.8 Å². The van der Waals surface area contributed by atoms with Crippen molar-refractivity contribution in [3.63, 3.8) is 0 Å². The molecular weight excluding hydrogens is 300 g/mol. The second-order valence-corrected chi connectivity index (χ2v) is 5.85. The summed E-state index contributed by atoms with van der Waals surface area (Å²) in [4.78, 5) is 12.1. The number of rotatable bonds is 8. The number of halogens is 1. The summed E-state index contributed by atoms with van der Waals surface area (Å²) in [6, 6.07) is 9.47. The van der Waals surface area contributed by atoms with E-state index in [1.807, 2.05) is 44.2 Å². The molecule has 1 rings (SSSR count). The van der Waals surface area contributed by atoms with Crippen molar-refractivity contribution in [2.45, 2.75) is 51.7 Å². The lowest BCUT2D eigenvalue weighted by atomic mass is 9.93. The molecule has 4 nitrogen and oxygen atoms in total. The van der Waals surface area contributed by atoms with Crippen molar-refractivity contribution in [3.05, 3.63) is 35.9 Å². The molecule has 0 heterocycles. The van der Waals surface area contributed by atoms with Crippen LogP contribution in [0.4, 0.5) is 0 Å². The normalized spacial score (nSPS) is 16.0. The Balaban J connectivity index is 0.00000441. The second kappa shape index (κ2) is 10.6. The Morgan fingerprint density at radius 2 is 1.86 bits per heavy atom. The zero-order chi connectivity index (χ0) is 15.8. The number of benzene rings is 1. The van der Waals surface area contributed by atoms with Crippen LogP contribution in [0.15, 0.2) is 30.3 Å². The van der Waals surface area contributed by atoms with Crippen LogP contribution in [0, 0.1) is 5.92 Å². The molecule has 0 saturated carbocycles. The van der Waals surface area contributed by atoms with Crippen molar-refractivity contribution in [2.75, 3.05) is 6.54 Å². The quantitative estimate of drug-likeness (QED) is 0.686. The maximum Gasteiger partial charge on any atom is 0.237 e. The maximum absolute atomic E-state index is 12.1. The molecule has 22 heavy (non-hydrogen) atoms. The third-order valence-corrected chi connectivity index (χ3v) is 3.98. The molecule has 0 fully saturated rings. The van der Waals surface area contributed by atoms with Gasteiger partial charge in [-0.2, -0.15) is 0 Å². The van der Waals surface area contributed by atoms with Crippen molar-refractivity contribution >= 4 is 18.3 Å². The number of hydrogen-bond acceptors (Lipinski definition) is 3. The maximum atomic E-state index is 12.1. The fourth-order valence-corrected chi connectivity index (χ4v) is 2.33. The summed E-state index contributed by atoms with van der Waals surface area (Å²) >= 11 is 0. The van der Waals surface area contributed by atoms with Crippen LogP contribution in [0.1, 0.15) is 45.1 Å². The fourth-order valence-electron chi connectivity index (χ4n) is 2.33. The molecule has 0 aliphatic heterocycles. The largest absolute Gasteiger partial charge is 0.393 e. The van der Waals surface area contributed by atoms with E-state index in [-0.39, 0.29) is 30.2 Å². The molecule has 1 aromatic rings. The second-order valence-electron chi connectivity index (χ2n) is 5.85. The number of aliphatic hydroxyl groups is 1. The Morgan fingerprint density at radius 1 is 1.27 bits per heavy atom. The summed E-state index contributed by atoms with van der Waals surface area (Å²) in [5.41, 5.74) is 7.06. The molecule has 0 spiro atoms. The number of nitrogens with two attached hydrogens (primary N) is 1. The Bertz CT molecular complexity index is 426. The van der Waals surface area contributed by atoms with E-state index in [1.54, 1.807) is 6.92 Å². The van der Waals surface area contributed by atoms with E-state index in [4.69, 9.17) is 5.73 Å². The Kier molecular flexibility index (Phi) is 10.1. The van der Waals surface area contributed by atoms with Crippen molar-refractivity contribution in [3.8, 4) is 0 Å². The lowest BCUT2D eigenvalue weighted by molar-refractivity contribution is -0.123. The van der Waals surface area contributed by atoms with Gasteiger partial charge in [0, 0.05) is 12.5 Å². The van der Waals surface area contributed by atoms with Gasteiger partial charge in [-0.3, -0.25) is 4.79 Å². The van der Waals surface area contributed by atoms with Gasteiger partial charge in [-0.25, -0.2) is 0 Å². The first-order valence-electron chi connectivity index (χ1n) is 7.72. The average molecular weight is 329 g/mol. The molecule has 0 aliphatic carbocycles. The van der Waals surface area contributed by atoms with E-state index in [9.17, 15) is 9.90 Å². The molecule has 4 unspecified atom stereocenters. The van der Waals surface area contributed by atoms with Gasteiger partial charge in [-0.1, -0.05) is 50.6 Å². The van der Waals surface area contributed by atoms with Crippen LogP contribution in [0.2, 0.25) is 0 Å². The van der Waals surface area contributed by atoms with Crippen molar-refractivity contribution in [2.24, 2.45) is 11.7 Å². The van der Waals surface area contributed by atoms with E-state index in [0.29, 0.717) is 13.0 Å². The van der Waals surface area contributed by atoms with Crippen LogP contribution < -0.4 is 11.1 Å². The standard InChI is InChI=1S/C17H28N2O2.ClH/c1-4-12(2)16(18)17(21)19-11-15(10-13(3)20)14-8-6-5-7-9-14;/h5-9,12-13,15-16,20H,4,10-11,18H2,1-3H3,(H,19,21);1H. The molecular formula is C17H29ClN2O2. The van der Waals surface area contributed by atoms with Crippen molar-refractivity contribution in [1.82, 2.24) is 5.32 Å². The van der Waals surface area contributed by atoms with Gasteiger partial charge in [-0.15, -0.1) is 12.4 Å². The van der Waals surface area contributed by atoms with Crippen LogP contribution in [-0.2, 0) is 4.79 Å². The molecule has 126 valence electrons. The van der Waals surface area contributed by atoms with Gasteiger partial charge >= 0.3 is 0 Å². The minimum Gasteiger partial charge on any atom is -0.393 e. The highest BCUT2D eigenvalue weighted by Gasteiger charge is 2.21. The average Bonchev–Trinajstić information content (AvgIpc) is 2.50. The van der Waals surface area contributed by atoms with Crippen LogP contribution in [0.3, 0.4) is 0 Å². The lowest BCUT2D eigenvalue weighted by Crippen LogP contribution is -2.45. The van der Waals surface area contributed by atoms with Gasteiger partial charge < -0.3 is 16.2 Å². The first-order chi connectivity index (χ1) is 9.95. The summed E-state index contributed by atoms with van der Waals surface area (Å²) in [6.07, 6.45) is 1.09. The minimum atomic E-state index is -0.474. The van der Waals surface area contributed by atoms with Gasteiger partial charge in [0.1, 0.15) is 0 Å². The molecule has 4 atom stereocenters. The molecule has 0 aromatic heterocycles. The number of carbonyl (C=O) groups excluding carboxylic acids is 1. The van der Waals surface area contributed by atoms with Crippen LogP contribution >= 0.6 is 12.4 Å². The Labute approximate surface area is 139 Å². The molecule has 5 heteroatoms. The number of carbonyl (C=O) groups is 1. The van der Waals surface area contributed by atoms with E-state index in [2.05, 4.69) is 5.32 Å². The highest BCUT2D eigenvalue weighted by molar-refractivity contribution is 5.85. The third-order valence-electron chi connectivity index (χ3n) is 3.98. The minimum absolute atomic E-state index is 0. The predicted molar refractivity (Wildman–Crippen MR) is 93.2 cm³/mol. The zero-order valence-corrected chi connectivity index (χ0v) is 14.5. The van der Waals surface area contributed by atoms with Crippen molar-refractivity contribution in [1.29, 1.82) is 0 Å². The molecule has 4 N–H and O–H groups in total. The highest BCUT2D eigenvalue weighted by Crippen LogP contribution is 2.20. The Hall–Kier alpha value is -1.10.